The molecule has 0 N–H and O–H groups in total. The molecule has 0 aliphatic carbocycles. The molecule has 1 aromatic rings. The summed E-state index contributed by atoms with van der Waals surface area (Å²) in [6, 6.07) is 5.77. The minimum Gasteiger partial charge on any atom is -0.381 e. The van der Waals surface area contributed by atoms with Crippen molar-refractivity contribution < 1.29 is 4.74 Å². The average molecular weight is 231 g/mol. The van der Waals surface area contributed by atoms with Crippen LogP contribution in [0.25, 0.3) is 0 Å². The topological polar surface area (TPSA) is 49.1 Å². The lowest BCUT2D eigenvalue weighted by atomic mass is 10.0. The highest BCUT2D eigenvalue weighted by molar-refractivity contribution is 5.41. The van der Waals surface area contributed by atoms with Gasteiger partial charge < -0.3 is 9.64 Å². The minimum atomic E-state index is 0.589. The first kappa shape index (κ1) is 11.9. The molecule has 1 unspecified atom stereocenters. The van der Waals surface area contributed by atoms with E-state index in [1.54, 1.807) is 12.3 Å². The first-order valence-corrected chi connectivity index (χ1v) is 5.94. The lowest BCUT2D eigenvalue weighted by Crippen LogP contribution is -2.31. The molecule has 90 valence electrons. The zero-order chi connectivity index (χ0) is 12.1. The van der Waals surface area contributed by atoms with Gasteiger partial charge in [0.05, 0.1) is 12.2 Å². The van der Waals surface area contributed by atoms with E-state index in [2.05, 4.69) is 16.0 Å². The molecule has 0 amide bonds. The van der Waals surface area contributed by atoms with Gasteiger partial charge in [0.15, 0.2) is 0 Å². The Kier molecular flexibility index (Phi) is 3.94. The number of pyridine rings is 1. The maximum Gasteiger partial charge on any atom is 0.128 e. The highest BCUT2D eigenvalue weighted by atomic mass is 16.5. The number of anilines is 1. The normalized spacial score (nSPS) is 19.6. The van der Waals surface area contributed by atoms with Crippen LogP contribution in [0.5, 0.6) is 0 Å². The number of nitriles is 1. The Hall–Kier alpha value is -1.60. The average Bonchev–Trinajstić information content (AvgIpc) is 2.40. The third-order valence-electron chi connectivity index (χ3n) is 3.05. The van der Waals surface area contributed by atoms with Crippen LogP contribution in [0.2, 0.25) is 0 Å². The fourth-order valence-corrected chi connectivity index (χ4v) is 2.11. The van der Waals surface area contributed by atoms with Gasteiger partial charge in [-0.25, -0.2) is 4.98 Å². The van der Waals surface area contributed by atoms with E-state index in [1.165, 1.54) is 6.42 Å². The van der Waals surface area contributed by atoms with Crippen molar-refractivity contribution in [3.8, 4) is 6.07 Å². The first-order valence-electron chi connectivity index (χ1n) is 5.94. The molecular weight excluding hydrogens is 214 g/mol. The molecule has 1 aromatic heterocycles. The van der Waals surface area contributed by atoms with Gasteiger partial charge in [-0.3, -0.25) is 0 Å². The molecule has 1 atom stereocenters. The molecule has 0 saturated carbocycles. The van der Waals surface area contributed by atoms with Crippen molar-refractivity contribution in [2.75, 3.05) is 31.7 Å². The second-order valence-corrected chi connectivity index (χ2v) is 4.48. The fourth-order valence-electron chi connectivity index (χ4n) is 2.11. The van der Waals surface area contributed by atoms with Crippen molar-refractivity contribution in [1.29, 1.82) is 5.26 Å². The molecule has 4 heteroatoms. The van der Waals surface area contributed by atoms with Crippen LogP contribution in [0.15, 0.2) is 18.3 Å². The number of ether oxygens (including phenoxy) is 1. The van der Waals surface area contributed by atoms with Crippen molar-refractivity contribution in [3.05, 3.63) is 23.9 Å². The Balaban J connectivity index is 1.94. The zero-order valence-corrected chi connectivity index (χ0v) is 10.1. The van der Waals surface area contributed by atoms with Gasteiger partial charge in [0.25, 0.3) is 0 Å². The SMILES string of the molecule is CN(CC1CCCOC1)c1ccc(C#N)cn1. The van der Waals surface area contributed by atoms with Gasteiger partial charge in [0.1, 0.15) is 11.9 Å². The van der Waals surface area contributed by atoms with Crippen LogP contribution in [0, 0.1) is 17.2 Å². The summed E-state index contributed by atoms with van der Waals surface area (Å²) in [4.78, 5) is 6.40. The fraction of sp³-hybridized carbons (Fsp3) is 0.538. The lowest BCUT2D eigenvalue weighted by molar-refractivity contribution is 0.0576. The molecule has 2 rings (SSSR count). The van der Waals surface area contributed by atoms with E-state index in [-0.39, 0.29) is 0 Å². The number of rotatable bonds is 3. The summed E-state index contributed by atoms with van der Waals surface area (Å²) >= 11 is 0. The van der Waals surface area contributed by atoms with Crippen LogP contribution in [-0.4, -0.2) is 31.8 Å². The summed E-state index contributed by atoms with van der Waals surface area (Å²) in [7, 11) is 2.03. The summed E-state index contributed by atoms with van der Waals surface area (Å²) in [5, 5.41) is 8.71. The summed E-state index contributed by atoms with van der Waals surface area (Å²) in [5.41, 5.74) is 0.600. The quantitative estimate of drug-likeness (QED) is 0.796. The first-order chi connectivity index (χ1) is 8.29. The predicted octanol–water partition coefficient (Wildman–Crippen LogP) is 1.82. The van der Waals surface area contributed by atoms with Crippen molar-refractivity contribution in [2.45, 2.75) is 12.8 Å². The Morgan fingerprint density at radius 3 is 3.06 bits per heavy atom. The Labute approximate surface area is 102 Å². The highest BCUT2D eigenvalue weighted by Gasteiger charge is 2.16. The molecule has 1 saturated heterocycles. The second kappa shape index (κ2) is 5.65. The van der Waals surface area contributed by atoms with Crippen molar-refractivity contribution >= 4 is 5.82 Å². The molecule has 4 nitrogen and oxygen atoms in total. The Morgan fingerprint density at radius 2 is 2.47 bits per heavy atom. The van der Waals surface area contributed by atoms with Crippen LogP contribution in [0.1, 0.15) is 18.4 Å². The van der Waals surface area contributed by atoms with E-state index >= 15 is 0 Å². The molecule has 2 heterocycles. The molecular formula is C13H17N3O. The summed E-state index contributed by atoms with van der Waals surface area (Å²) in [5.74, 6) is 1.50. The van der Waals surface area contributed by atoms with Gasteiger partial charge in [-0.15, -0.1) is 0 Å². The Bertz CT molecular complexity index is 390. The monoisotopic (exact) mass is 231 g/mol. The molecule has 0 spiro atoms. The summed E-state index contributed by atoms with van der Waals surface area (Å²) < 4.78 is 5.47. The van der Waals surface area contributed by atoms with Gasteiger partial charge in [-0.05, 0) is 30.9 Å². The van der Waals surface area contributed by atoms with Crippen LogP contribution in [0.4, 0.5) is 5.82 Å². The molecule has 0 bridgehead atoms. The van der Waals surface area contributed by atoms with Crippen LogP contribution in [-0.2, 0) is 4.74 Å². The maximum absolute atomic E-state index is 8.71. The standard InChI is InChI=1S/C13H17N3O/c1-16(9-12-3-2-6-17-10-12)13-5-4-11(7-14)8-15-13/h4-5,8,12H,2-3,6,9-10H2,1H3. The largest absolute Gasteiger partial charge is 0.381 e. The molecule has 17 heavy (non-hydrogen) atoms. The third-order valence-corrected chi connectivity index (χ3v) is 3.05. The summed E-state index contributed by atoms with van der Waals surface area (Å²) in [6.45, 7) is 2.70. The van der Waals surface area contributed by atoms with E-state index in [4.69, 9.17) is 10.00 Å². The predicted molar refractivity (Wildman–Crippen MR) is 65.8 cm³/mol. The molecule has 1 aliphatic heterocycles. The molecule has 1 aliphatic rings. The number of aromatic nitrogens is 1. The smallest absolute Gasteiger partial charge is 0.128 e. The zero-order valence-electron chi connectivity index (χ0n) is 10.1. The van der Waals surface area contributed by atoms with Gasteiger partial charge in [-0.1, -0.05) is 0 Å². The van der Waals surface area contributed by atoms with Gasteiger partial charge >= 0.3 is 0 Å². The van der Waals surface area contributed by atoms with Gasteiger partial charge in [0.2, 0.25) is 0 Å². The van der Waals surface area contributed by atoms with Gasteiger partial charge in [0, 0.05) is 26.4 Å². The lowest BCUT2D eigenvalue weighted by Gasteiger charge is -2.27. The van der Waals surface area contributed by atoms with E-state index in [9.17, 15) is 0 Å². The third kappa shape index (κ3) is 3.18. The van der Waals surface area contributed by atoms with E-state index in [0.717, 1.165) is 32.0 Å². The van der Waals surface area contributed by atoms with Gasteiger partial charge in [-0.2, -0.15) is 5.26 Å². The molecule has 0 aromatic carbocycles. The number of hydrogen-bond donors (Lipinski definition) is 0. The summed E-state index contributed by atoms with van der Waals surface area (Å²) in [6.07, 6.45) is 3.99. The molecule has 0 radical (unpaired) electrons. The molecule has 1 fully saturated rings. The van der Waals surface area contributed by atoms with Crippen LogP contribution in [0.3, 0.4) is 0 Å². The van der Waals surface area contributed by atoms with E-state index < -0.39 is 0 Å². The second-order valence-electron chi connectivity index (χ2n) is 4.48. The van der Waals surface area contributed by atoms with Crippen LogP contribution < -0.4 is 4.90 Å². The van der Waals surface area contributed by atoms with Crippen molar-refractivity contribution in [3.63, 3.8) is 0 Å². The van der Waals surface area contributed by atoms with E-state index in [1.807, 2.05) is 13.1 Å². The number of nitrogens with zero attached hydrogens (tertiary/aromatic N) is 3. The van der Waals surface area contributed by atoms with Crippen LogP contribution >= 0.6 is 0 Å². The Morgan fingerprint density at radius 1 is 1.59 bits per heavy atom. The number of hydrogen-bond acceptors (Lipinski definition) is 4. The highest BCUT2D eigenvalue weighted by Crippen LogP contribution is 2.17. The maximum atomic E-state index is 8.71. The van der Waals surface area contributed by atoms with Crippen molar-refractivity contribution in [1.82, 2.24) is 4.98 Å². The van der Waals surface area contributed by atoms with Crippen molar-refractivity contribution in [2.24, 2.45) is 5.92 Å². The minimum absolute atomic E-state index is 0.589. The van der Waals surface area contributed by atoms with E-state index in [0.29, 0.717) is 11.5 Å².